The molecule has 0 spiro atoms. The highest BCUT2D eigenvalue weighted by Crippen LogP contribution is 2.13. The normalized spacial score (nSPS) is 10.2. The Labute approximate surface area is 99.7 Å². The van der Waals surface area contributed by atoms with Gasteiger partial charge in [0.25, 0.3) is 0 Å². The third-order valence-corrected chi connectivity index (χ3v) is 2.35. The average molecular weight is 227 g/mol. The molecule has 86 valence electrons. The van der Waals surface area contributed by atoms with Gasteiger partial charge in [-0.15, -0.1) is 5.10 Å². The number of carbonyl (C=O) groups is 1. The fraction of sp³-hybridized carbons (Fsp3) is 0.231. The first kappa shape index (κ1) is 11.4. The van der Waals surface area contributed by atoms with E-state index in [-0.39, 0.29) is 5.78 Å². The van der Waals surface area contributed by atoms with E-state index in [0.29, 0.717) is 17.9 Å². The lowest BCUT2D eigenvalue weighted by Gasteiger charge is -2.01. The summed E-state index contributed by atoms with van der Waals surface area (Å²) in [5, 5.41) is 7.77. The van der Waals surface area contributed by atoms with Gasteiger partial charge in [0.2, 0.25) is 0 Å². The number of benzene rings is 1. The Balaban J connectivity index is 2.32. The molecule has 0 unspecified atom stereocenters. The van der Waals surface area contributed by atoms with E-state index in [9.17, 15) is 4.79 Å². The Morgan fingerprint density at radius 1 is 1.24 bits per heavy atom. The first-order chi connectivity index (χ1) is 8.31. The third-order valence-electron chi connectivity index (χ3n) is 2.35. The molecule has 0 atom stereocenters. The van der Waals surface area contributed by atoms with Crippen LogP contribution in [0.25, 0.3) is 11.4 Å². The smallest absolute Gasteiger partial charge is 0.182 e. The van der Waals surface area contributed by atoms with Gasteiger partial charge in [-0.3, -0.25) is 4.79 Å². The maximum atomic E-state index is 11.7. The van der Waals surface area contributed by atoms with Crippen molar-refractivity contribution in [3.63, 3.8) is 0 Å². The zero-order valence-electron chi connectivity index (χ0n) is 9.63. The lowest BCUT2D eigenvalue weighted by molar-refractivity contribution is 0.0976. The standard InChI is InChI=1S/C13H13N3O/c1-2-6-12(17)11-9-14-16-13(15-11)10-7-4-3-5-8-10/h3-5,7-9H,2,6H2,1H3. The van der Waals surface area contributed by atoms with Gasteiger partial charge in [-0.1, -0.05) is 37.3 Å². The zero-order valence-corrected chi connectivity index (χ0v) is 9.63. The molecule has 17 heavy (non-hydrogen) atoms. The number of ketones is 1. The molecule has 1 heterocycles. The van der Waals surface area contributed by atoms with Crippen LogP contribution in [0.3, 0.4) is 0 Å². The second kappa shape index (κ2) is 5.30. The number of aromatic nitrogens is 3. The predicted octanol–water partition coefficient (Wildman–Crippen LogP) is 2.52. The van der Waals surface area contributed by atoms with Crippen molar-refractivity contribution in [1.82, 2.24) is 15.2 Å². The predicted molar refractivity (Wildman–Crippen MR) is 64.5 cm³/mol. The van der Waals surface area contributed by atoms with Gasteiger partial charge in [0, 0.05) is 12.0 Å². The van der Waals surface area contributed by atoms with Crippen molar-refractivity contribution < 1.29 is 4.79 Å². The number of hydrogen-bond acceptors (Lipinski definition) is 4. The van der Waals surface area contributed by atoms with Crippen molar-refractivity contribution in [2.45, 2.75) is 19.8 Å². The van der Waals surface area contributed by atoms with Crippen molar-refractivity contribution in [2.75, 3.05) is 0 Å². The van der Waals surface area contributed by atoms with Crippen LogP contribution in [-0.2, 0) is 0 Å². The Hall–Kier alpha value is -2.10. The minimum Gasteiger partial charge on any atom is -0.292 e. The first-order valence-electron chi connectivity index (χ1n) is 5.59. The summed E-state index contributed by atoms with van der Waals surface area (Å²) in [4.78, 5) is 15.9. The number of Topliss-reactive ketones (excluding diaryl/α,β-unsaturated/α-hetero) is 1. The molecule has 1 aromatic heterocycles. The van der Waals surface area contributed by atoms with Gasteiger partial charge in [0.15, 0.2) is 11.6 Å². The first-order valence-corrected chi connectivity index (χ1v) is 5.59. The topological polar surface area (TPSA) is 55.7 Å². The highest BCUT2D eigenvalue weighted by Gasteiger charge is 2.09. The molecule has 0 saturated carbocycles. The maximum Gasteiger partial charge on any atom is 0.182 e. The second-order valence-corrected chi connectivity index (χ2v) is 3.70. The Morgan fingerprint density at radius 2 is 2.00 bits per heavy atom. The van der Waals surface area contributed by atoms with Crippen LogP contribution in [0.4, 0.5) is 0 Å². The van der Waals surface area contributed by atoms with E-state index >= 15 is 0 Å². The van der Waals surface area contributed by atoms with Crippen LogP contribution < -0.4 is 0 Å². The molecule has 4 heteroatoms. The van der Waals surface area contributed by atoms with E-state index in [1.165, 1.54) is 6.20 Å². The van der Waals surface area contributed by atoms with E-state index < -0.39 is 0 Å². The van der Waals surface area contributed by atoms with Crippen LogP contribution in [0.15, 0.2) is 36.5 Å². The fourth-order valence-electron chi connectivity index (χ4n) is 1.50. The fourth-order valence-corrected chi connectivity index (χ4v) is 1.50. The molecule has 0 aliphatic carbocycles. The SMILES string of the molecule is CCCC(=O)c1cnnc(-c2ccccc2)n1. The summed E-state index contributed by atoms with van der Waals surface area (Å²) < 4.78 is 0. The van der Waals surface area contributed by atoms with Gasteiger partial charge >= 0.3 is 0 Å². The molecule has 0 aliphatic heterocycles. The van der Waals surface area contributed by atoms with Crippen molar-refractivity contribution in [3.8, 4) is 11.4 Å². The lowest BCUT2D eigenvalue weighted by Crippen LogP contribution is -2.05. The lowest BCUT2D eigenvalue weighted by atomic mass is 10.2. The molecule has 0 radical (unpaired) electrons. The highest BCUT2D eigenvalue weighted by molar-refractivity contribution is 5.94. The molecule has 4 nitrogen and oxygen atoms in total. The summed E-state index contributed by atoms with van der Waals surface area (Å²) >= 11 is 0. The van der Waals surface area contributed by atoms with Gasteiger partial charge in [0.1, 0.15) is 5.69 Å². The summed E-state index contributed by atoms with van der Waals surface area (Å²) in [6.45, 7) is 1.96. The monoisotopic (exact) mass is 227 g/mol. The second-order valence-electron chi connectivity index (χ2n) is 3.70. The zero-order chi connectivity index (χ0) is 12.1. The quantitative estimate of drug-likeness (QED) is 0.753. The van der Waals surface area contributed by atoms with Gasteiger partial charge < -0.3 is 0 Å². The van der Waals surface area contributed by atoms with Crippen molar-refractivity contribution >= 4 is 5.78 Å². The van der Waals surface area contributed by atoms with E-state index in [2.05, 4.69) is 15.2 Å². The van der Waals surface area contributed by atoms with E-state index in [1.54, 1.807) is 0 Å². The minimum absolute atomic E-state index is 0.0135. The van der Waals surface area contributed by atoms with E-state index in [0.717, 1.165) is 12.0 Å². The molecule has 0 fully saturated rings. The van der Waals surface area contributed by atoms with Crippen LogP contribution >= 0.6 is 0 Å². The molecule has 0 saturated heterocycles. The van der Waals surface area contributed by atoms with Crippen molar-refractivity contribution in [1.29, 1.82) is 0 Å². The summed E-state index contributed by atoms with van der Waals surface area (Å²) in [5.41, 5.74) is 1.26. The molecule has 1 aromatic carbocycles. The Bertz CT molecular complexity index is 511. The number of carbonyl (C=O) groups excluding carboxylic acids is 1. The molecular formula is C13H13N3O. The summed E-state index contributed by atoms with van der Waals surface area (Å²) in [7, 11) is 0. The summed E-state index contributed by atoms with van der Waals surface area (Å²) in [6.07, 6.45) is 2.72. The highest BCUT2D eigenvalue weighted by atomic mass is 16.1. The van der Waals surface area contributed by atoms with Crippen LogP contribution in [0.1, 0.15) is 30.3 Å². The molecule has 0 amide bonds. The number of hydrogen-bond donors (Lipinski definition) is 0. The molecule has 0 bridgehead atoms. The van der Waals surface area contributed by atoms with Crippen LogP contribution in [-0.4, -0.2) is 21.0 Å². The largest absolute Gasteiger partial charge is 0.292 e. The van der Waals surface area contributed by atoms with Crippen LogP contribution in [0, 0.1) is 0 Å². The number of rotatable bonds is 4. The molecule has 0 aliphatic rings. The molecule has 0 N–H and O–H groups in total. The molecule has 2 aromatic rings. The van der Waals surface area contributed by atoms with Crippen LogP contribution in [0.2, 0.25) is 0 Å². The Morgan fingerprint density at radius 3 is 2.71 bits per heavy atom. The maximum absolute atomic E-state index is 11.7. The van der Waals surface area contributed by atoms with Gasteiger partial charge in [-0.25, -0.2) is 4.98 Å². The minimum atomic E-state index is 0.0135. The average Bonchev–Trinajstić information content (AvgIpc) is 2.40. The van der Waals surface area contributed by atoms with E-state index in [1.807, 2.05) is 37.3 Å². The summed E-state index contributed by atoms with van der Waals surface area (Å²) in [5.74, 6) is 0.507. The third kappa shape index (κ3) is 2.72. The van der Waals surface area contributed by atoms with Crippen LogP contribution in [0.5, 0.6) is 0 Å². The van der Waals surface area contributed by atoms with Gasteiger partial charge in [0.05, 0.1) is 6.20 Å². The van der Waals surface area contributed by atoms with Crippen molar-refractivity contribution in [2.24, 2.45) is 0 Å². The van der Waals surface area contributed by atoms with E-state index in [4.69, 9.17) is 0 Å². The summed E-state index contributed by atoms with van der Waals surface area (Å²) in [6, 6.07) is 9.51. The van der Waals surface area contributed by atoms with Gasteiger partial charge in [-0.05, 0) is 6.42 Å². The van der Waals surface area contributed by atoms with Gasteiger partial charge in [-0.2, -0.15) is 5.10 Å². The number of nitrogens with zero attached hydrogens (tertiary/aromatic N) is 3. The van der Waals surface area contributed by atoms with Crippen molar-refractivity contribution in [3.05, 3.63) is 42.2 Å². The Kier molecular flexibility index (Phi) is 3.55. The molecular weight excluding hydrogens is 214 g/mol. The molecule has 2 rings (SSSR count).